The molecule has 0 aliphatic carbocycles. The molecule has 1 rings (SSSR count). The van der Waals surface area contributed by atoms with Crippen molar-refractivity contribution in [3.8, 4) is 6.07 Å². The molecule has 0 atom stereocenters. The Morgan fingerprint density at radius 3 is 2.33 bits per heavy atom. The smallest absolute Gasteiger partial charge is 0.243 e. The van der Waals surface area contributed by atoms with Crippen molar-refractivity contribution in [2.45, 2.75) is 19.6 Å². The summed E-state index contributed by atoms with van der Waals surface area (Å²) in [5.74, 6) is 0.403. The van der Waals surface area contributed by atoms with Crippen LogP contribution in [-0.2, 0) is 4.43 Å². The van der Waals surface area contributed by atoms with Crippen LogP contribution in [-0.4, -0.2) is 8.32 Å². The van der Waals surface area contributed by atoms with Gasteiger partial charge in [-0.3, -0.25) is 0 Å². The maximum Gasteiger partial charge on any atom is 0.243 e. The monoisotopic (exact) mass is 217 g/mol. The van der Waals surface area contributed by atoms with Gasteiger partial charge in [-0.05, 0) is 31.3 Å². The molecule has 0 N–H and O–H groups in total. The maximum atomic E-state index is 8.93. The van der Waals surface area contributed by atoms with Crippen LogP contribution < -0.4 is 0 Å². The molecular formula is C12H15NOSi. The molecule has 0 aromatic heterocycles. The summed E-state index contributed by atoms with van der Waals surface area (Å²) in [5.41, 5.74) is 0.993. The third-order valence-electron chi connectivity index (χ3n) is 1.62. The van der Waals surface area contributed by atoms with Gasteiger partial charge in [-0.1, -0.05) is 30.3 Å². The fraction of sp³-hybridized carbons (Fsp3) is 0.250. The molecule has 15 heavy (non-hydrogen) atoms. The quantitative estimate of drug-likeness (QED) is 0.441. The molecular weight excluding hydrogens is 202 g/mol. The zero-order valence-corrected chi connectivity index (χ0v) is 10.3. The van der Waals surface area contributed by atoms with E-state index in [9.17, 15) is 0 Å². The molecule has 3 heteroatoms. The lowest BCUT2D eigenvalue weighted by Crippen LogP contribution is -2.24. The first-order valence-electron chi connectivity index (χ1n) is 4.87. The molecule has 0 bridgehead atoms. The van der Waals surface area contributed by atoms with Gasteiger partial charge in [-0.25, -0.2) is 0 Å². The summed E-state index contributed by atoms with van der Waals surface area (Å²) in [5, 5.41) is 8.93. The summed E-state index contributed by atoms with van der Waals surface area (Å²) < 4.78 is 5.63. The molecule has 0 fully saturated rings. The van der Waals surface area contributed by atoms with Crippen molar-refractivity contribution in [1.82, 2.24) is 0 Å². The number of hydrogen-bond donors (Lipinski definition) is 0. The number of benzene rings is 1. The SMILES string of the molecule is C[Si](C)(C)O/C(C#N)=C\c1ccccc1. The van der Waals surface area contributed by atoms with Crippen LogP contribution in [0.25, 0.3) is 6.08 Å². The molecule has 2 nitrogen and oxygen atoms in total. The molecule has 1 aromatic rings. The second-order valence-electron chi connectivity index (χ2n) is 4.25. The van der Waals surface area contributed by atoms with Crippen molar-refractivity contribution in [2.24, 2.45) is 0 Å². The van der Waals surface area contributed by atoms with Gasteiger partial charge in [0.05, 0.1) is 0 Å². The van der Waals surface area contributed by atoms with Crippen LogP contribution in [0.5, 0.6) is 0 Å². The molecule has 0 unspecified atom stereocenters. The highest BCUT2D eigenvalue weighted by Gasteiger charge is 2.17. The topological polar surface area (TPSA) is 33.0 Å². The summed E-state index contributed by atoms with van der Waals surface area (Å²) in [6, 6.07) is 11.8. The third-order valence-corrected chi connectivity index (χ3v) is 2.46. The average molecular weight is 217 g/mol. The normalized spacial score (nSPS) is 12.0. The highest BCUT2D eigenvalue weighted by Crippen LogP contribution is 2.13. The fourth-order valence-corrected chi connectivity index (χ4v) is 1.88. The van der Waals surface area contributed by atoms with E-state index in [1.165, 1.54) is 0 Å². The van der Waals surface area contributed by atoms with Crippen LogP contribution in [0.4, 0.5) is 0 Å². The molecule has 0 saturated heterocycles. The first kappa shape index (κ1) is 11.5. The zero-order valence-electron chi connectivity index (χ0n) is 9.32. The minimum Gasteiger partial charge on any atom is -0.537 e. The van der Waals surface area contributed by atoms with Crippen molar-refractivity contribution in [1.29, 1.82) is 5.26 Å². The Hall–Kier alpha value is -1.53. The Bertz CT molecular complexity index is 384. The second kappa shape index (κ2) is 4.81. The molecule has 0 heterocycles. The van der Waals surface area contributed by atoms with Gasteiger partial charge >= 0.3 is 0 Å². The molecule has 78 valence electrons. The first-order chi connectivity index (χ1) is 7.01. The summed E-state index contributed by atoms with van der Waals surface area (Å²) in [4.78, 5) is 0. The van der Waals surface area contributed by atoms with Gasteiger partial charge in [0.25, 0.3) is 0 Å². The lowest BCUT2D eigenvalue weighted by molar-refractivity contribution is 0.450. The van der Waals surface area contributed by atoms with Crippen molar-refractivity contribution in [2.75, 3.05) is 0 Å². The predicted molar refractivity (Wildman–Crippen MR) is 64.5 cm³/mol. The summed E-state index contributed by atoms with van der Waals surface area (Å²) >= 11 is 0. The Kier molecular flexibility index (Phi) is 3.70. The van der Waals surface area contributed by atoms with E-state index in [1.54, 1.807) is 6.08 Å². The van der Waals surface area contributed by atoms with E-state index in [-0.39, 0.29) is 0 Å². The molecule has 0 aliphatic rings. The summed E-state index contributed by atoms with van der Waals surface area (Å²) in [6.07, 6.45) is 1.78. The molecule has 0 saturated carbocycles. The number of allylic oxidation sites excluding steroid dienone is 1. The van der Waals surface area contributed by atoms with E-state index in [0.717, 1.165) is 5.56 Å². The van der Waals surface area contributed by atoms with Gasteiger partial charge < -0.3 is 4.43 Å². The van der Waals surface area contributed by atoms with Crippen LogP contribution in [0.2, 0.25) is 19.6 Å². The minimum atomic E-state index is -1.69. The van der Waals surface area contributed by atoms with Crippen LogP contribution in [0, 0.1) is 11.3 Å². The van der Waals surface area contributed by atoms with Crippen molar-refractivity contribution in [3.63, 3.8) is 0 Å². The minimum absolute atomic E-state index is 0.403. The average Bonchev–Trinajstić information content (AvgIpc) is 2.16. The van der Waals surface area contributed by atoms with Crippen LogP contribution in [0.15, 0.2) is 36.1 Å². The highest BCUT2D eigenvalue weighted by molar-refractivity contribution is 6.70. The van der Waals surface area contributed by atoms with Crippen LogP contribution in [0.1, 0.15) is 5.56 Å². The van der Waals surface area contributed by atoms with Crippen molar-refractivity contribution >= 4 is 14.4 Å². The van der Waals surface area contributed by atoms with Gasteiger partial charge in [0.15, 0.2) is 5.76 Å². The predicted octanol–water partition coefficient (Wildman–Crippen LogP) is 3.40. The molecule has 0 radical (unpaired) electrons. The van der Waals surface area contributed by atoms with Gasteiger partial charge in [-0.15, -0.1) is 0 Å². The Morgan fingerprint density at radius 1 is 1.27 bits per heavy atom. The van der Waals surface area contributed by atoms with Gasteiger partial charge in [0.1, 0.15) is 6.07 Å². The number of rotatable bonds is 3. The third kappa shape index (κ3) is 4.48. The lowest BCUT2D eigenvalue weighted by Gasteiger charge is -2.17. The van der Waals surface area contributed by atoms with Gasteiger partial charge in [0.2, 0.25) is 8.32 Å². The number of nitriles is 1. The maximum absolute atomic E-state index is 8.93. The molecule has 1 aromatic carbocycles. The highest BCUT2D eigenvalue weighted by atomic mass is 28.4. The van der Waals surface area contributed by atoms with Crippen molar-refractivity contribution in [3.05, 3.63) is 41.7 Å². The van der Waals surface area contributed by atoms with E-state index in [1.807, 2.05) is 30.3 Å². The molecule has 0 aliphatic heterocycles. The summed E-state index contributed by atoms with van der Waals surface area (Å²) in [7, 11) is -1.69. The number of hydrogen-bond acceptors (Lipinski definition) is 2. The van der Waals surface area contributed by atoms with Crippen LogP contribution in [0.3, 0.4) is 0 Å². The Labute approximate surface area is 91.9 Å². The lowest BCUT2D eigenvalue weighted by atomic mass is 10.2. The fourth-order valence-electron chi connectivity index (χ4n) is 1.12. The van der Waals surface area contributed by atoms with E-state index in [2.05, 4.69) is 25.7 Å². The number of nitrogens with zero attached hydrogens (tertiary/aromatic N) is 1. The second-order valence-corrected chi connectivity index (χ2v) is 8.67. The van der Waals surface area contributed by atoms with E-state index >= 15 is 0 Å². The largest absolute Gasteiger partial charge is 0.537 e. The first-order valence-corrected chi connectivity index (χ1v) is 8.28. The summed E-state index contributed by atoms with van der Waals surface area (Å²) in [6.45, 7) is 6.18. The van der Waals surface area contributed by atoms with E-state index in [0.29, 0.717) is 5.76 Å². The van der Waals surface area contributed by atoms with Crippen molar-refractivity contribution < 1.29 is 4.43 Å². The molecule has 0 spiro atoms. The molecule has 0 amide bonds. The van der Waals surface area contributed by atoms with Gasteiger partial charge in [0, 0.05) is 0 Å². The van der Waals surface area contributed by atoms with Gasteiger partial charge in [-0.2, -0.15) is 5.26 Å². The standard InChI is InChI=1S/C12H15NOSi/c1-15(2,3)14-12(10-13)9-11-7-5-4-6-8-11/h4-9H,1-3H3/b12-9-. The Balaban J connectivity index is 2.85. The van der Waals surface area contributed by atoms with E-state index in [4.69, 9.17) is 9.69 Å². The van der Waals surface area contributed by atoms with E-state index < -0.39 is 8.32 Å². The zero-order chi connectivity index (χ0) is 11.3. The Morgan fingerprint density at radius 2 is 1.87 bits per heavy atom. The van der Waals surface area contributed by atoms with Crippen LogP contribution >= 0.6 is 0 Å².